The average molecular weight is 230 g/mol. The van der Waals surface area contributed by atoms with E-state index in [1.165, 1.54) is 0 Å². The maximum absolute atomic E-state index is 10.5. The molecular weight excluding hydrogens is 216 g/mol. The number of nitrogens with zero attached hydrogens (tertiary/aromatic N) is 2. The zero-order chi connectivity index (χ0) is 12.3. The summed E-state index contributed by atoms with van der Waals surface area (Å²) in [6.45, 7) is 4.20. The second kappa shape index (κ2) is 4.91. The van der Waals surface area contributed by atoms with Crippen LogP contribution in [0.3, 0.4) is 0 Å². The number of rotatable bonds is 4. The van der Waals surface area contributed by atoms with Crippen molar-refractivity contribution in [1.82, 2.24) is 10.2 Å². The fraction of sp³-hybridized carbons (Fsp3) is 0.308. The van der Waals surface area contributed by atoms with Gasteiger partial charge in [0.15, 0.2) is 0 Å². The van der Waals surface area contributed by atoms with Crippen LogP contribution in [0.25, 0.3) is 11.5 Å². The number of carbonyl (C=O) groups excluding carboxylic acids is 1. The molecule has 2 rings (SSSR count). The van der Waals surface area contributed by atoms with Crippen LogP contribution in [0.1, 0.15) is 30.1 Å². The number of aromatic nitrogens is 2. The van der Waals surface area contributed by atoms with Crippen molar-refractivity contribution in [2.45, 2.75) is 20.3 Å². The van der Waals surface area contributed by atoms with E-state index in [0.717, 1.165) is 18.3 Å². The topological polar surface area (TPSA) is 56.0 Å². The Morgan fingerprint density at radius 1 is 1.24 bits per heavy atom. The summed E-state index contributed by atoms with van der Waals surface area (Å²) in [4.78, 5) is 10.5. The Hall–Kier alpha value is -1.97. The van der Waals surface area contributed by atoms with Gasteiger partial charge < -0.3 is 4.42 Å². The molecule has 0 atom stereocenters. The summed E-state index contributed by atoms with van der Waals surface area (Å²) in [5, 5.41) is 7.98. The van der Waals surface area contributed by atoms with Crippen LogP contribution in [0.15, 0.2) is 28.7 Å². The van der Waals surface area contributed by atoms with E-state index in [-0.39, 0.29) is 0 Å². The first-order chi connectivity index (χ1) is 8.19. The third kappa shape index (κ3) is 2.78. The number of aldehydes is 1. The zero-order valence-corrected chi connectivity index (χ0v) is 9.88. The highest BCUT2D eigenvalue weighted by Gasteiger charge is 2.09. The van der Waals surface area contributed by atoms with E-state index in [1.54, 1.807) is 24.3 Å². The third-order valence-electron chi connectivity index (χ3n) is 2.34. The standard InChI is InChI=1S/C13H14N2O2/c1-9(2)7-12-14-15-13(17-12)11-5-3-10(8-16)4-6-11/h3-6,8-9H,7H2,1-2H3. The maximum atomic E-state index is 10.5. The predicted molar refractivity (Wildman–Crippen MR) is 63.7 cm³/mol. The Balaban J connectivity index is 2.21. The van der Waals surface area contributed by atoms with E-state index in [4.69, 9.17) is 4.42 Å². The molecule has 4 nitrogen and oxygen atoms in total. The van der Waals surface area contributed by atoms with Crippen molar-refractivity contribution < 1.29 is 9.21 Å². The van der Waals surface area contributed by atoms with E-state index in [2.05, 4.69) is 24.0 Å². The highest BCUT2D eigenvalue weighted by atomic mass is 16.4. The highest BCUT2D eigenvalue weighted by Crippen LogP contribution is 2.19. The molecule has 0 saturated heterocycles. The summed E-state index contributed by atoms with van der Waals surface area (Å²) >= 11 is 0. The maximum Gasteiger partial charge on any atom is 0.247 e. The Morgan fingerprint density at radius 2 is 1.94 bits per heavy atom. The monoisotopic (exact) mass is 230 g/mol. The summed E-state index contributed by atoms with van der Waals surface area (Å²) < 4.78 is 5.54. The smallest absolute Gasteiger partial charge is 0.247 e. The van der Waals surface area contributed by atoms with Gasteiger partial charge in [-0.2, -0.15) is 0 Å². The molecule has 0 unspecified atom stereocenters. The highest BCUT2D eigenvalue weighted by molar-refractivity contribution is 5.75. The lowest BCUT2D eigenvalue weighted by Gasteiger charge is -1.97. The summed E-state index contributed by atoms with van der Waals surface area (Å²) in [5.41, 5.74) is 1.47. The Labute approximate surface area is 99.7 Å². The molecule has 4 heteroatoms. The van der Waals surface area contributed by atoms with Crippen LogP contribution in [-0.2, 0) is 6.42 Å². The quantitative estimate of drug-likeness (QED) is 0.758. The van der Waals surface area contributed by atoms with Gasteiger partial charge in [-0.25, -0.2) is 0 Å². The zero-order valence-electron chi connectivity index (χ0n) is 9.88. The van der Waals surface area contributed by atoms with Gasteiger partial charge in [-0.3, -0.25) is 4.79 Å². The third-order valence-corrected chi connectivity index (χ3v) is 2.34. The molecule has 0 amide bonds. The van der Waals surface area contributed by atoms with E-state index >= 15 is 0 Å². The van der Waals surface area contributed by atoms with Crippen LogP contribution < -0.4 is 0 Å². The minimum Gasteiger partial charge on any atom is -0.421 e. The normalized spacial score (nSPS) is 10.8. The molecule has 0 saturated carbocycles. The van der Waals surface area contributed by atoms with Crippen molar-refractivity contribution >= 4 is 6.29 Å². The fourth-order valence-electron chi connectivity index (χ4n) is 1.51. The van der Waals surface area contributed by atoms with E-state index in [1.807, 2.05) is 0 Å². The first-order valence-electron chi connectivity index (χ1n) is 5.57. The van der Waals surface area contributed by atoms with Crippen LogP contribution in [0.2, 0.25) is 0 Å². The first kappa shape index (κ1) is 11.5. The average Bonchev–Trinajstić information content (AvgIpc) is 2.77. The minimum atomic E-state index is 0.487. The SMILES string of the molecule is CC(C)Cc1nnc(-c2ccc(C=O)cc2)o1. The molecule has 1 aromatic heterocycles. The number of benzene rings is 1. The predicted octanol–water partition coefficient (Wildman–Crippen LogP) is 2.75. The Bertz CT molecular complexity index is 500. The molecule has 2 aromatic rings. The minimum absolute atomic E-state index is 0.487. The van der Waals surface area contributed by atoms with Crippen LogP contribution in [-0.4, -0.2) is 16.5 Å². The van der Waals surface area contributed by atoms with Crippen LogP contribution in [0, 0.1) is 5.92 Å². The summed E-state index contributed by atoms with van der Waals surface area (Å²) in [6, 6.07) is 7.07. The van der Waals surface area contributed by atoms with Crippen molar-refractivity contribution in [1.29, 1.82) is 0 Å². The molecule has 0 aliphatic heterocycles. The molecule has 0 aliphatic carbocycles. The Morgan fingerprint density at radius 3 is 2.53 bits per heavy atom. The lowest BCUT2D eigenvalue weighted by atomic mass is 10.1. The molecule has 0 spiro atoms. The van der Waals surface area contributed by atoms with Crippen molar-refractivity contribution in [3.05, 3.63) is 35.7 Å². The second-order valence-electron chi connectivity index (χ2n) is 4.34. The number of hydrogen-bond acceptors (Lipinski definition) is 4. The summed E-state index contributed by atoms with van der Waals surface area (Å²) in [5.74, 6) is 1.63. The first-order valence-corrected chi connectivity index (χ1v) is 5.57. The van der Waals surface area contributed by atoms with Crippen molar-refractivity contribution in [3.63, 3.8) is 0 Å². The largest absolute Gasteiger partial charge is 0.421 e. The lowest BCUT2D eigenvalue weighted by Crippen LogP contribution is -1.93. The molecular formula is C13H14N2O2. The van der Waals surface area contributed by atoms with Crippen molar-refractivity contribution in [2.24, 2.45) is 5.92 Å². The van der Waals surface area contributed by atoms with Gasteiger partial charge in [0, 0.05) is 17.5 Å². The van der Waals surface area contributed by atoms with Gasteiger partial charge >= 0.3 is 0 Å². The Kier molecular flexibility index (Phi) is 3.32. The molecule has 88 valence electrons. The number of carbonyl (C=O) groups is 1. The van der Waals surface area contributed by atoms with Gasteiger partial charge in [-0.15, -0.1) is 10.2 Å². The van der Waals surface area contributed by atoms with E-state index in [9.17, 15) is 4.79 Å². The lowest BCUT2D eigenvalue weighted by molar-refractivity contribution is 0.112. The van der Waals surface area contributed by atoms with Crippen LogP contribution in [0.4, 0.5) is 0 Å². The molecule has 0 bridgehead atoms. The summed E-state index contributed by atoms with van der Waals surface area (Å²) in [7, 11) is 0. The molecule has 17 heavy (non-hydrogen) atoms. The molecule has 0 fully saturated rings. The molecule has 1 heterocycles. The van der Waals surface area contributed by atoms with Gasteiger partial charge in [0.2, 0.25) is 11.8 Å². The van der Waals surface area contributed by atoms with Crippen LogP contribution >= 0.6 is 0 Å². The summed E-state index contributed by atoms with van der Waals surface area (Å²) in [6.07, 6.45) is 1.58. The van der Waals surface area contributed by atoms with Gasteiger partial charge in [0.25, 0.3) is 0 Å². The van der Waals surface area contributed by atoms with Crippen molar-refractivity contribution in [3.8, 4) is 11.5 Å². The molecule has 0 aliphatic rings. The van der Waals surface area contributed by atoms with Crippen LogP contribution in [0.5, 0.6) is 0 Å². The molecule has 0 radical (unpaired) electrons. The fourth-order valence-corrected chi connectivity index (χ4v) is 1.51. The van der Waals surface area contributed by atoms with Gasteiger partial charge in [0.05, 0.1) is 0 Å². The van der Waals surface area contributed by atoms with Gasteiger partial charge in [0.1, 0.15) is 6.29 Å². The van der Waals surface area contributed by atoms with Gasteiger partial charge in [-0.05, 0) is 18.1 Å². The van der Waals surface area contributed by atoms with E-state index < -0.39 is 0 Å². The van der Waals surface area contributed by atoms with Crippen molar-refractivity contribution in [2.75, 3.05) is 0 Å². The van der Waals surface area contributed by atoms with E-state index in [0.29, 0.717) is 23.3 Å². The molecule has 1 aromatic carbocycles. The number of hydrogen-bond donors (Lipinski definition) is 0. The second-order valence-corrected chi connectivity index (χ2v) is 4.34. The molecule has 0 N–H and O–H groups in total. The van der Waals surface area contributed by atoms with Gasteiger partial charge in [-0.1, -0.05) is 26.0 Å².